The molecule has 0 radical (unpaired) electrons. The Hall–Kier alpha value is -10.7. The number of phenolic OH excluding ortho intramolecular Hbond substituents is 2. The number of carbonyl (C=O) groups excluding carboxylic acids is 12. The number of nitrogens with zero attached hydrogens (tertiary/aromatic N) is 1. The number of H-pyrrole nitrogens is 1. The highest BCUT2D eigenvalue weighted by molar-refractivity contribution is 8.76. The topological polar surface area (TPSA) is 573 Å². The summed E-state index contributed by atoms with van der Waals surface area (Å²) in [5, 5.41) is 76.3. The number of carboxylic acids is 2. The number of carboxylic acid groups (broad SMARTS) is 2. The van der Waals surface area contributed by atoms with Crippen molar-refractivity contribution in [3.63, 3.8) is 0 Å². The van der Waals surface area contributed by atoms with E-state index in [1.807, 2.05) is 0 Å². The Morgan fingerprint density at radius 1 is 0.670 bits per heavy atom. The average Bonchev–Trinajstić information content (AvgIpc) is 1.78. The maximum Gasteiger partial charge on any atom is 0.305 e. The molecule has 0 unspecified atom stereocenters. The van der Waals surface area contributed by atoms with E-state index in [1.165, 1.54) is 66.6 Å². The monoisotopic (exact) mass is 1470 g/mol. The number of amides is 12. The van der Waals surface area contributed by atoms with Gasteiger partial charge >= 0.3 is 11.9 Å². The fraction of sp³-hybridized carbons (Fsp3) is 0.470. The third-order valence-electron chi connectivity index (χ3n) is 16.7. The first-order valence-electron chi connectivity index (χ1n) is 33.1. The summed E-state index contributed by atoms with van der Waals surface area (Å²) in [7, 11) is 1.66. The van der Waals surface area contributed by atoms with Crippen molar-refractivity contribution < 1.29 is 87.5 Å². The first-order valence-corrected chi connectivity index (χ1v) is 35.6. The van der Waals surface area contributed by atoms with Crippen LogP contribution in [0.2, 0.25) is 0 Å². The summed E-state index contributed by atoms with van der Waals surface area (Å²) >= 11 is 0. The third kappa shape index (κ3) is 25.7. The number of aromatic hydroxyl groups is 2. The highest BCUT2D eigenvalue weighted by Crippen LogP contribution is 2.26. The standard InChI is InChI=1S/C66H89N17O18S2/c1-33(2)54-64(100)79-45(27-36-14-18-39(85)19-15-36)58(94)75-42(10-6-23-72-66(69)70)56(92)71-24-22-51(86)74-47(29-53(89)90)61(97)77-46(28-37-30-73-41-9-5-4-8-40(37)41)60(96)76-43(20-21-52(87)88)57(93)80-48(55(68)91)31-102-103-32-49(62(98)82-54)81-59(95)44(26-35-12-16-38(84)17-13-35)78-63(99)50-11-7-25-83(50)65(101)34(3)67/h4-5,8-9,12-19,30,33-34,42-50,54,73,84-85H,6-7,10-11,20-29,31-32,67H2,1-3H3,(H2,68,91)(H,71,92)(H,74,86)(H,75,94)(H,76,96)(H,77,97)(H,78,99)(H,79,100)(H,80,93)(H,81,95)(H,82,98)(H,87,88)(H,89,90)(H4,69,70,72)/t34-,42-,43-,44-,45-,46-,47-,48-,49-,50-,54-/m0/s1. The average molecular weight is 1470 g/mol. The molecule has 1 aromatic heterocycles. The molecule has 23 N–H and O–H groups in total. The maximum absolute atomic E-state index is 15.0. The second-order valence-corrected chi connectivity index (χ2v) is 27.6. The molecule has 11 atom stereocenters. The van der Waals surface area contributed by atoms with Crippen LogP contribution in [0.25, 0.3) is 10.9 Å². The second kappa shape index (κ2) is 39.5. The van der Waals surface area contributed by atoms with Crippen LogP contribution in [0, 0.1) is 11.3 Å². The lowest BCUT2D eigenvalue weighted by molar-refractivity contribution is -0.141. The lowest BCUT2D eigenvalue weighted by atomic mass is 10.00. The fourth-order valence-electron chi connectivity index (χ4n) is 11.1. The van der Waals surface area contributed by atoms with Gasteiger partial charge < -0.3 is 106 Å². The predicted octanol–water partition coefficient (Wildman–Crippen LogP) is -3.05. The van der Waals surface area contributed by atoms with Crippen molar-refractivity contribution in [3.05, 3.63) is 95.7 Å². The first kappa shape index (κ1) is 81.3. The Kier molecular flexibility index (Phi) is 31.2. The summed E-state index contributed by atoms with van der Waals surface area (Å²) in [5.74, 6) is -17.0. The van der Waals surface area contributed by atoms with Crippen molar-refractivity contribution in [1.82, 2.24) is 68.4 Å². The minimum Gasteiger partial charge on any atom is -0.508 e. The van der Waals surface area contributed by atoms with Crippen molar-refractivity contribution in [2.75, 3.05) is 31.1 Å². The lowest BCUT2D eigenvalue weighted by Crippen LogP contribution is -2.61. The van der Waals surface area contributed by atoms with Crippen LogP contribution in [-0.2, 0) is 86.4 Å². The quantitative estimate of drug-likeness (QED) is 0.0161. The molecule has 2 aliphatic rings. The number of nitrogens with two attached hydrogens (primary N) is 3. The van der Waals surface area contributed by atoms with Gasteiger partial charge in [0.05, 0.1) is 12.5 Å². The smallest absolute Gasteiger partial charge is 0.305 e. The number of benzene rings is 3. The van der Waals surface area contributed by atoms with Crippen LogP contribution in [0.1, 0.15) is 88.8 Å². The van der Waals surface area contributed by atoms with E-state index in [0.29, 0.717) is 34.0 Å². The van der Waals surface area contributed by atoms with Crippen LogP contribution in [-0.4, -0.2) is 217 Å². The molecule has 2 aliphatic heterocycles. The van der Waals surface area contributed by atoms with Crippen molar-refractivity contribution in [2.45, 2.75) is 158 Å². The Bertz CT molecular complexity index is 3730. The second-order valence-electron chi connectivity index (χ2n) is 25.1. The largest absolute Gasteiger partial charge is 0.508 e. The number of rotatable bonds is 22. The number of aromatic amines is 1. The summed E-state index contributed by atoms with van der Waals surface area (Å²) in [6.45, 7) is 4.26. The van der Waals surface area contributed by atoms with Gasteiger partial charge in [0.2, 0.25) is 70.9 Å². The van der Waals surface area contributed by atoms with Crippen LogP contribution in [0.15, 0.2) is 79.0 Å². The molecule has 3 heterocycles. The molecule has 558 valence electrons. The number of likely N-dealkylation sites (tertiary alicyclic amines) is 1. The molecular formula is C66H89N17O18S2. The summed E-state index contributed by atoms with van der Waals surface area (Å²) in [6, 6.07) is 1.17. The van der Waals surface area contributed by atoms with E-state index < -0.39 is 205 Å². The van der Waals surface area contributed by atoms with Crippen LogP contribution >= 0.6 is 21.6 Å². The van der Waals surface area contributed by atoms with E-state index in [0.717, 1.165) is 21.6 Å². The normalized spacial score (nSPS) is 22.6. The SMILES string of the molecule is CC(C)[C@@H]1NC(=O)[C@@H](NC(=O)[C@H](Cc2ccc(O)cc2)NC(=O)[C@@H]2CCCN2C(=O)[C@H](C)N)CSSC[C@@H](C(N)=O)NC(=O)[C@H](CCC(=O)O)NC(=O)[C@H](Cc2c[nH]c3ccccc23)NC(=O)[C@H](CC(=O)O)NC(=O)CCNC(=O)[C@H](CCCNC(=N)N)NC(=O)[C@H](Cc2ccc(O)cc2)NC1=O. The summed E-state index contributed by atoms with van der Waals surface area (Å²) < 4.78 is 0. The molecule has 103 heavy (non-hydrogen) atoms. The third-order valence-corrected chi connectivity index (χ3v) is 19.1. The van der Waals surface area contributed by atoms with Crippen molar-refractivity contribution in [2.24, 2.45) is 23.1 Å². The molecule has 6 rings (SSSR count). The van der Waals surface area contributed by atoms with E-state index in [9.17, 15) is 82.8 Å². The van der Waals surface area contributed by atoms with E-state index in [-0.39, 0.29) is 63.1 Å². The molecule has 12 amide bonds. The van der Waals surface area contributed by atoms with Gasteiger partial charge in [0.25, 0.3) is 0 Å². The number of hydrogen-bond acceptors (Lipinski definition) is 20. The van der Waals surface area contributed by atoms with Gasteiger partial charge in [0.15, 0.2) is 5.96 Å². The highest BCUT2D eigenvalue weighted by atomic mass is 33.1. The number of fused-ring (bicyclic) bond motifs is 1. The molecule has 0 bridgehead atoms. The molecule has 0 aliphatic carbocycles. The number of guanidine groups is 1. The maximum atomic E-state index is 15.0. The van der Waals surface area contributed by atoms with Gasteiger partial charge in [0.1, 0.15) is 71.9 Å². The van der Waals surface area contributed by atoms with Gasteiger partial charge in [-0.05, 0) is 92.0 Å². The molecule has 0 spiro atoms. The van der Waals surface area contributed by atoms with Crippen LogP contribution in [0.4, 0.5) is 0 Å². The number of hydrogen-bond donors (Lipinski definition) is 20. The lowest BCUT2D eigenvalue weighted by Gasteiger charge is -2.29. The zero-order valence-corrected chi connectivity index (χ0v) is 58.4. The number of nitrogens with one attached hydrogen (secondary N) is 13. The van der Waals surface area contributed by atoms with Crippen LogP contribution < -0.4 is 75.7 Å². The zero-order chi connectivity index (χ0) is 75.6. The number of primary amides is 1. The minimum absolute atomic E-state index is 0.0229. The fourth-order valence-corrected chi connectivity index (χ4v) is 13.5. The van der Waals surface area contributed by atoms with Gasteiger partial charge in [0, 0.05) is 80.3 Å². The molecule has 3 aromatic carbocycles. The zero-order valence-electron chi connectivity index (χ0n) is 56.7. The number of para-hydroxylation sites is 1. The summed E-state index contributed by atoms with van der Waals surface area (Å²) in [4.78, 5) is 200. The van der Waals surface area contributed by atoms with Gasteiger partial charge in [-0.2, -0.15) is 0 Å². The Labute approximate surface area is 599 Å². The van der Waals surface area contributed by atoms with Gasteiger partial charge in [-0.15, -0.1) is 0 Å². The van der Waals surface area contributed by atoms with E-state index in [2.05, 4.69) is 63.5 Å². The van der Waals surface area contributed by atoms with Crippen molar-refractivity contribution in [1.29, 1.82) is 5.41 Å². The molecule has 35 nitrogen and oxygen atoms in total. The van der Waals surface area contributed by atoms with E-state index in [4.69, 9.17) is 22.6 Å². The Balaban J connectivity index is 1.41. The highest BCUT2D eigenvalue weighted by Gasteiger charge is 2.40. The van der Waals surface area contributed by atoms with E-state index >= 15 is 4.79 Å². The van der Waals surface area contributed by atoms with Crippen LogP contribution in [0.5, 0.6) is 11.5 Å². The molecule has 2 saturated heterocycles. The number of aliphatic carboxylic acids is 2. The van der Waals surface area contributed by atoms with Gasteiger partial charge in [-0.25, -0.2) is 0 Å². The number of carbonyl (C=O) groups is 14. The first-order chi connectivity index (χ1) is 48.9. The summed E-state index contributed by atoms with van der Waals surface area (Å²) in [6.07, 6.45) is -1.87. The van der Waals surface area contributed by atoms with Crippen molar-refractivity contribution >= 4 is 121 Å². The Morgan fingerprint density at radius 2 is 1.26 bits per heavy atom. The minimum atomic E-state index is -1.90. The number of aromatic nitrogens is 1. The van der Waals surface area contributed by atoms with Crippen molar-refractivity contribution in [3.8, 4) is 11.5 Å². The molecule has 2 fully saturated rings. The molecule has 37 heteroatoms. The molecule has 0 saturated carbocycles. The predicted molar refractivity (Wildman–Crippen MR) is 376 cm³/mol. The Morgan fingerprint density at radius 3 is 1.88 bits per heavy atom. The molecular weight excluding hydrogens is 1380 g/mol. The molecule has 4 aromatic rings. The number of phenols is 2. The summed E-state index contributed by atoms with van der Waals surface area (Å²) in [5.41, 5.74) is 19.1. The van der Waals surface area contributed by atoms with Crippen LogP contribution in [0.3, 0.4) is 0 Å². The van der Waals surface area contributed by atoms with Gasteiger partial charge in [-0.1, -0.05) is 77.9 Å². The van der Waals surface area contributed by atoms with Gasteiger partial charge in [-0.3, -0.25) is 72.5 Å². The van der Waals surface area contributed by atoms with E-state index in [1.54, 1.807) is 38.1 Å².